The highest BCUT2D eigenvalue weighted by molar-refractivity contribution is 9.09. The van der Waals surface area contributed by atoms with Crippen LogP contribution in [-0.4, -0.2) is 17.4 Å². The summed E-state index contributed by atoms with van der Waals surface area (Å²) in [7, 11) is 0. The first-order valence-corrected chi connectivity index (χ1v) is 3.72. The molecule has 0 rings (SSSR count). The van der Waals surface area contributed by atoms with Gasteiger partial charge in [-0.05, 0) is 6.42 Å². The number of halogens is 2. The van der Waals surface area contributed by atoms with Gasteiger partial charge in [0.2, 0.25) is 0 Å². The number of nitrogens with one attached hydrogen (secondary N) is 1. The van der Waals surface area contributed by atoms with E-state index in [9.17, 15) is 0 Å². The van der Waals surface area contributed by atoms with Gasteiger partial charge in [-0.25, -0.2) is 0 Å². The van der Waals surface area contributed by atoms with Crippen LogP contribution in [0, 0.1) is 0 Å². The van der Waals surface area contributed by atoms with Crippen molar-refractivity contribution in [3.05, 3.63) is 0 Å². The van der Waals surface area contributed by atoms with E-state index in [-0.39, 0.29) is 5.48 Å². The fraction of sp³-hybridized carbons (Fsp3) is 1.00. The van der Waals surface area contributed by atoms with Crippen molar-refractivity contribution >= 4 is 32.1 Å². The molecule has 0 heterocycles. The Morgan fingerprint density at radius 3 is 2.14 bits per heavy atom. The van der Waals surface area contributed by atoms with Crippen LogP contribution in [0.4, 0.5) is 0 Å². The zero-order valence-corrected chi connectivity index (χ0v) is 7.05. The van der Waals surface area contributed by atoms with E-state index in [1.807, 2.05) is 0 Å². The van der Waals surface area contributed by atoms with Gasteiger partial charge in [-0.15, -0.1) is 0 Å². The van der Waals surface area contributed by atoms with Crippen molar-refractivity contribution in [2.45, 2.75) is 6.42 Å². The van der Waals surface area contributed by atoms with E-state index in [1.54, 1.807) is 0 Å². The minimum atomic E-state index is 0. The van der Waals surface area contributed by atoms with Crippen molar-refractivity contribution in [3.63, 3.8) is 0 Å². The Bertz CT molecular complexity index is 24.9. The van der Waals surface area contributed by atoms with Crippen LogP contribution in [0.1, 0.15) is 6.42 Å². The molecule has 0 aromatic carbocycles. The molecule has 0 spiro atoms. The zero-order chi connectivity index (χ0) is 4.83. The molecule has 0 amide bonds. The first kappa shape index (κ1) is 10.8. The Morgan fingerprint density at radius 1 is 1.43 bits per heavy atom. The highest BCUT2D eigenvalue weighted by Gasteiger charge is 1.76. The van der Waals surface area contributed by atoms with Gasteiger partial charge in [0.1, 0.15) is 0 Å². The monoisotopic (exact) mass is 233 g/mol. The second-order valence-corrected chi connectivity index (χ2v) is 2.28. The van der Waals surface area contributed by atoms with Crippen molar-refractivity contribution in [1.82, 2.24) is 4.34 Å². The largest absolute Gasteiger partial charge is 0.412 e. The lowest BCUT2D eigenvalue weighted by atomic mass is 10.5. The maximum atomic E-state index is 3.29. The number of hydrogen-bond donors (Lipinski definition) is 1. The highest BCUT2D eigenvalue weighted by atomic mass is 79.9. The molecule has 0 atom stereocenters. The number of alkyl halides is 1. The fourth-order valence-electron chi connectivity index (χ4n) is 0.134. The molecule has 7 heavy (non-hydrogen) atoms. The van der Waals surface area contributed by atoms with Crippen LogP contribution in [0.3, 0.4) is 0 Å². The summed E-state index contributed by atoms with van der Waals surface area (Å²) in [6.45, 7) is 1.03. The summed E-state index contributed by atoms with van der Waals surface area (Å²) in [5.74, 6) is 0. The Labute approximate surface area is 60.4 Å². The summed E-state index contributed by atoms with van der Waals surface area (Å²) in [5, 5.41) is 1.08. The molecule has 2 nitrogen and oxygen atoms in total. The van der Waals surface area contributed by atoms with Gasteiger partial charge in [-0.2, -0.15) is 0 Å². The van der Waals surface area contributed by atoms with Gasteiger partial charge in [0.25, 0.3) is 0 Å². The van der Waals surface area contributed by atoms with E-state index in [4.69, 9.17) is 0 Å². The van der Waals surface area contributed by atoms with E-state index in [0.29, 0.717) is 0 Å². The minimum absolute atomic E-state index is 0. The quantitative estimate of drug-likeness (QED) is 0.439. The Morgan fingerprint density at radius 2 is 2.00 bits per heavy atom. The third-order valence-corrected chi connectivity index (χ3v) is 1.36. The van der Waals surface area contributed by atoms with E-state index in [0.717, 1.165) is 11.9 Å². The minimum Gasteiger partial charge on any atom is -0.412 e. The van der Waals surface area contributed by atoms with Gasteiger partial charge in [-0.1, -0.05) is 15.9 Å². The van der Waals surface area contributed by atoms with Crippen LogP contribution < -0.4 is 4.34 Å². The average Bonchev–Trinajstić information content (AvgIpc) is 1.61. The molecule has 46 valence electrons. The molecule has 4 heteroatoms. The average molecular weight is 235 g/mol. The summed E-state index contributed by atoms with van der Waals surface area (Å²) < 4.78 is 2.85. The van der Waals surface area contributed by atoms with E-state index < -0.39 is 0 Å². The number of rotatable bonds is 3. The molecule has 0 unspecified atom stereocenters. The van der Waals surface area contributed by atoms with Crippen molar-refractivity contribution in [1.29, 1.82) is 0 Å². The summed E-state index contributed by atoms with van der Waals surface area (Å²) in [6.07, 6.45) is 1.17. The molecule has 0 aromatic rings. The SMILES string of the molecule is BrCCCNBr.O. The maximum Gasteiger partial charge on any atom is 0.00875 e. The molecular formula is C3H9Br2NO. The van der Waals surface area contributed by atoms with Crippen LogP contribution in [0.2, 0.25) is 0 Å². The predicted octanol–water partition coefficient (Wildman–Crippen LogP) is 0.846. The molecule has 0 aliphatic rings. The third kappa shape index (κ3) is 10.9. The molecule has 0 fully saturated rings. The van der Waals surface area contributed by atoms with Crippen LogP contribution in [0.5, 0.6) is 0 Å². The van der Waals surface area contributed by atoms with Gasteiger partial charge in [0, 0.05) is 28.0 Å². The topological polar surface area (TPSA) is 43.5 Å². The molecule has 3 N–H and O–H groups in total. The van der Waals surface area contributed by atoms with Gasteiger partial charge in [-0.3, -0.25) is 4.34 Å². The first-order valence-electron chi connectivity index (χ1n) is 1.81. The van der Waals surface area contributed by atoms with Crippen molar-refractivity contribution in [2.75, 3.05) is 11.9 Å². The standard InChI is InChI=1S/C3H7Br2N.H2O/c4-2-1-3-6-5;/h6H,1-3H2;1H2. The van der Waals surface area contributed by atoms with Gasteiger partial charge >= 0.3 is 0 Å². The second-order valence-electron chi connectivity index (χ2n) is 0.926. The summed E-state index contributed by atoms with van der Waals surface area (Å²) in [6, 6.07) is 0. The lowest BCUT2D eigenvalue weighted by Crippen LogP contribution is -1.99. The molecule has 0 aliphatic carbocycles. The Kier molecular flexibility index (Phi) is 15.4. The molecule has 0 radical (unpaired) electrons. The van der Waals surface area contributed by atoms with E-state index >= 15 is 0 Å². The fourth-order valence-corrected chi connectivity index (χ4v) is 0.694. The molecular weight excluding hydrogens is 226 g/mol. The van der Waals surface area contributed by atoms with Crippen molar-refractivity contribution in [3.8, 4) is 0 Å². The molecule has 0 aromatic heterocycles. The second kappa shape index (κ2) is 9.99. The summed E-state index contributed by atoms with van der Waals surface area (Å²) in [4.78, 5) is 0. The lowest BCUT2D eigenvalue weighted by molar-refractivity contribution is 0.824. The van der Waals surface area contributed by atoms with E-state index in [1.165, 1.54) is 6.42 Å². The molecule has 0 saturated carbocycles. The predicted molar refractivity (Wildman–Crippen MR) is 39.0 cm³/mol. The van der Waals surface area contributed by atoms with Crippen LogP contribution in [0.15, 0.2) is 0 Å². The molecule has 0 aliphatic heterocycles. The zero-order valence-electron chi connectivity index (χ0n) is 3.88. The van der Waals surface area contributed by atoms with Gasteiger partial charge < -0.3 is 5.48 Å². The summed E-state index contributed by atoms with van der Waals surface area (Å²) >= 11 is 6.37. The van der Waals surface area contributed by atoms with Crippen molar-refractivity contribution in [2.24, 2.45) is 0 Å². The van der Waals surface area contributed by atoms with E-state index in [2.05, 4.69) is 36.4 Å². The van der Waals surface area contributed by atoms with Crippen LogP contribution in [0.25, 0.3) is 0 Å². The van der Waals surface area contributed by atoms with Crippen LogP contribution in [-0.2, 0) is 0 Å². The van der Waals surface area contributed by atoms with Crippen molar-refractivity contribution < 1.29 is 5.48 Å². The number of hydrogen-bond acceptors (Lipinski definition) is 1. The highest BCUT2D eigenvalue weighted by Crippen LogP contribution is 1.84. The van der Waals surface area contributed by atoms with Gasteiger partial charge in [0.05, 0.1) is 0 Å². The normalized spacial score (nSPS) is 7.71. The maximum absolute atomic E-state index is 3.29. The Balaban J connectivity index is 0. The first-order chi connectivity index (χ1) is 2.91. The lowest BCUT2D eigenvalue weighted by Gasteiger charge is -1.86. The summed E-state index contributed by atoms with van der Waals surface area (Å²) in [5.41, 5.74) is 0. The van der Waals surface area contributed by atoms with Gasteiger partial charge in [0.15, 0.2) is 0 Å². The molecule has 0 bridgehead atoms. The third-order valence-electron chi connectivity index (χ3n) is 0.405. The smallest absolute Gasteiger partial charge is 0.00875 e. The molecule has 0 saturated heterocycles. The van der Waals surface area contributed by atoms with Crippen LogP contribution >= 0.6 is 32.1 Å². The Hall–Kier alpha value is 0.880.